The van der Waals surface area contributed by atoms with Crippen molar-refractivity contribution >= 4 is 5.57 Å². The highest BCUT2D eigenvalue weighted by Crippen LogP contribution is 2.60. The Labute approximate surface area is 116 Å². The van der Waals surface area contributed by atoms with E-state index in [2.05, 4.69) is 37.8 Å². The van der Waals surface area contributed by atoms with Crippen molar-refractivity contribution < 1.29 is 0 Å². The third-order valence-corrected chi connectivity index (χ3v) is 6.03. The fraction of sp³-hybridized carbons (Fsp3) is 0.579. The van der Waals surface area contributed by atoms with Gasteiger partial charge in [-0.15, -0.1) is 0 Å². The highest BCUT2D eigenvalue weighted by molar-refractivity contribution is 5.61. The van der Waals surface area contributed by atoms with E-state index in [0.717, 1.165) is 17.8 Å². The van der Waals surface area contributed by atoms with Crippen LogP contribution < -0.4 is 0 Å². The molecule has 0 amide bonds. The molecule has 0 heteroatoms. The van der Waals surface area contributed by atoms with Crippen molar-refractivity contribution in [2.45, 2.75) is 50.9 Å². The molecule has 19 heavy (non-hydrogen) atoms. The van der Waals surface area contributed by atoms with Crippen LogP contribution in [-0.2, 0) is 5.41 Å². The van der Waals surface area contributed by atoms with Crippen LogP contribution in [0.3, 0.4) is 0 Å². The number of hydrogen-bond acceptors (Lipinski definition) is 0. The van der Waals surface area contributed by atoms with Gasteiger partial charge in [0.05, 0.1) is 0 Å². The average Bonchev–Trinajstić information content (AvgIpc) is 2.37. The highest BCUT2D eigenvalue weighted by Gasteiger charge is 2.51. The highest BCUT2D eigenvalue weighted by atomic mass is 14.6. The summed E-state index contributed by atoms with van der Waals surface area (Å²) in [7, 11) is 0. The van der Waals surface area contributed by atoms with Crippen molar-refractivity contribution in [1.29, 1.82) is 0 Å². The molecule has 4 aliphatic carbocycles. The molecule has 0 heterocycles. The van der Waals surface area contributed by atoms with E-state index in [1.165, 1.54) is 49.7 Å². The van der Waals surface area contributed by atoms with E-state index < -0.39 is 0 Å². The maximum Gasteiger partial charge on any atom is -0.00391 e. The molecule has 0 radical (unpaired) electrons. The second-order valence-corrected chi connectivity index (χ2v) is 7.56. The molecule has 0 aromatic heterocycles. The second kappa shape index (κ2) is 3.98. The third kappa shape index (κ3) is 1.80. The molecule has 0 saturated heterocycles. The van der Waals surface area contributed by atoms with Gasteiger partial charge >= 0.3 is 0 Å². The molecule has 1 aromatic carbocycles. The maximum atomic E-state index is 4.05. The summed E-state index contributed by atoms with van der Waals surface area (Å²) < 4.78 is 0. The summed E-state index contributed by atoms with van der Waals surface area (Å²) in [4.78, 5) is 0. The summed E-state index contributed by atoms with van der Waals surface area (Å²) in [6.45, 7) is 6.14. The van der Waals surface area contributed by atoms with Crippen LogP contribution >= 0.6 is 0 Å². The Morgan fingerprint density at radius 3 is 1.84 bits per heavy atom. The lowest BCUT2D eigenvalue weighted by molar-refractivity contribution is -0.00518. The number of allylic oxidation sites excluding steroid dienone is 1. The van der Waals surface area contributed by atoms with Gasteiger partial charge in [0.2, 0.25) is 0 Å². The van der Waals surface area contributed by atoms with E-state index >= 15 is 0 Å². The third-order valence-electron chi connectivity index (χ3n) is 6.03. The standard InChI is InChI=1S/C19H24/c1-13(2)17-3-5-18(6-4-17)19-10-14-7-15(11-19)9-16(8-14)12-19/h3-6,14-16H,1,7-12H2,2H3. The molecule has 0 unspecified atom stereocenters. The molecule has 4 bridgehead atoms. The van der Waals surface area contributed by atoms with Crippen molar-refractivity contribution in [3.8, 4) is 0 Å². The molecule has 0 spiro atoms. The quantitative estimate of drug-likeness (QED) is 0.679. The molecular weight excluding hydrogens is 228 g/mol. The zero-order chi connectivity index (χ0) is 13.0. The van der Waals surface area contributed by atoms with Crippen LogP contribution in [0.2, 0.25) is 0 Å². The van der Waals surface area contributed by atoms with Crippen LogP contribution in [0.15, 0.2) is 30.8 Å². The fourth-order valence-corrected chi connectivity index (χ4v) is 5.57. The van der Waals surface area contributed by atoms with Crippen molar-refractivity contribution in [2.75, 3.05) is 0 Å². The summed E-state index contributed by atoms with van der Waals surface area (Å²) >= 11 is 0. The Hall–Kier alpha value is -1.04. The van der Waals surface area contributed by atoms with E-state index in [0.29, 0.717) is 5.41 Å². The van der Waals surface area contributed by atoms with Crippen LogP contribution in [-0.4, -0.2) is 0 Å². The maximum absolute atomic E-state index is 4.05. The summed E-state index contributed by atoms with van der Waals surface area (Å²) in [5.41, 5.74) is 4.64. The Kier molecular flexibility index (Phi) is 2.46. The van der Waals surface area contributed by atoms with E-state index in [-0.39, 0.29) is 0 Å². The second-order valence-electron chi connectivity index (χ2n) is 7.56. The van der Waals surface area contributed by atoms with Gasteiger partial charge in [0.25, 0.3) is 0 Å². The Morgan fingerprint density at radius 2 is 1.42 bits per heavy atom. The van der Waals surface area contributed by atoms with Crippen molar-refractivity contribution in [3.63, 3.8) is 0 Å². The van der Waals surface area contributed by atoms with Crippen LogP contribution in [0, 0.1) is 17.8 Å². The predicted molar refractivity (Wildman–Crippen MR) is 81.0 cm³/mol. The molecule has 4 aliphatic rings. The first kappa shape index (κ1) is 11.8. The van der Waals surface area contributed by atoms with Crippen molar-refractivity contribution in [3.05, 3.63) is 42.0 Å². The molecule has 100 valence electrons. The van der Waals surface area contributed by atoms with Gasteiger partial charge in [-0.3, -0.25) is 0 Å². The van der Waals surface area contributed by atoms with Crippen molar-refractivity contribution in [2.24, 2.45) is 17.8 Å². The molecule has 0 atom stereocenters. The van der Waals surface area contributed by atoms with Gasteiger partial charge in [0.15, 0.2) is 0 Å². The number of rotatable bonds is 2. The zero-order valence-corrected chi connectivity index (χ0v) is 12.0. The minimum atomic E-state index is 0.544. The van der Waals surface area contributed by atoms with Gasteiger partial charge in [-0.2, -0.15) is 0 Å². The molecule has 4 saturated carbocycles. The van der Waals surface area contributed by atoms with Crippen LogP contribution in [0.25, 0.3) is 5.57 Å². The first-order chi connectivity index (χ1) is 9.14. The van der Waals surface area contributed by atoms with E-state index in [9.17, 15) is 0 Å². The predicted octanol–water partition coefficient (Wildman–Crippen LogP) is 5.19. The first-order valence-corrected chi connectivity index (χ1v) is 7.91. The van der Waals surface area contributed by atoms with E-state index in [1.54, 1.807) is 5.56 Å². The molecule has 1 aromatic rings. The van der Waals surface area contributed by atoms with E-state index in [4.69, 9.17) is 0 Å². The minimum absolute atomic E-state index is 0.544. The molecular formula is C19H24. The Morgan fingerprint density at radius 1 is 0.947 bits per heavy atom. The molecule has 0 aliphatic heterocycles. The summed E-state index contributed by atoms with van der Waals surface area (Å²) in [5, 5.41) is 0. The van der Waals surface area contributed by atoms with Gasteiger partial charge < -0.3 is 0 Å². The lowest BCUT2D eigenvalue weighted by Crippen LogP contribution is -2.48. The number of hydrogen-bond donors (Lipinski definition) is 0. The van der Waals surface area contributed by atoms with Crippen LogP contribution in [0.4, 0.5) is 0 Å². The molecule has 0 nitrogen and oxygen atoms in total. The van der Waals surface area contributed by atoms with Gasteiger partial charge in [-0.1, -0.05) is 36.4 Å². The van der Waals surface area contributed by atoms with Gasteiger partial charge in [0.1, 0.15) is 0 Å². The zero-order valence-electron chi connectivity index (χ0n) is 12.0. The molecule has 5 rings (SSSR count). The van der Waals surface area contributed by atoms with Crippen LogP contribution in [0.1, 0.15) is 56.6 Å². The van der Waals surface area contributed by atoms with Gasteiger partial charge in [0, 0.05) is 0 Å². The minimum Gasteiger partial charge on any atom is -0.0955 e. The fourth-order valence-electron chi connectivity index (χ4n) is 5.57. The lowest BCUT2D eigenvalue weighted by Gasteiger charge is -2.57. The van der Waals surface area contributed by atoms with Gasteiger partial charge in [-0.25, -0.2) is 0 Å². The topological polar surface area (TPSA) is 0 Å². The monoisotopic (exact) mass is 252 g/mol. The SMILES string of the molecule is C=C(C)c1ccc(C23CC4CC(CC(C4)C2)C3)cc1. The van der Waals surface area contributed by atoms with E-state index in [1.807, 2.05) is 0 Å². The molecule has 0 N–H and O–H groups in total. The summed E-state index contributed by atoms with van der Waals surface area (Å²) in [6.07, 6.45) is 8.98. The molecule has 4 fully saturated rings. The summed E-state index contributed by atoms with van der Waals surface area (Å²) in [5.74, 6) is 3.10. The van der Waals surface area contributed by atoms with Crippen molar-refractivity contribution in [1.82, 2.24) is 0 Å². The smallest absolute Gasteiger partial charge is 0.00391 e. The van der Waals surface area contributed by atoms with Gasteiger partial charge in [-0.05, 0) is 79.7 Å². The lowest BCUT2D eigenvalue weighted by atomic mass is 9.48. The largest absolute Gasteiger partial charge is 0.0955 e. The first-order valence-electron chi connectivity index (χ1n) is 7.91. The average molecular weight is 252 g/mol. The normalized spacial score (nSPS) is 39.5. The number of benzene rings is 1. The Bertz CT molecular complexity index is 470. The van der Waals surface area contributed by atoms with Crippen LogP contribution in [0.5, 0.6) is 0 Å². The Balaban J connectivity index is 1.69. The summed E-state index contributed by atoms with van der Waals surface area (Å²) in [6, 6.07) is 9.38.